The van der Waals surface area contributed by atoms with Crippen LogP contribution < -0.4 is 10.1 Å². The van der Waals surface area contributed by atoms with Crippen LogP contribution >= 0.6 is 0 Å². The molecule has 0 aromatic heterocycles. The van der Waals surface area contributed by atoms with Crippen LogP contribution in [0.1, 0.15) is 35.2 Å². The predicted molar refractivity (Wildman–Crippen MR) is 134 cm³/mol. The number of nitrogens with one attached hydrogen (secondary N) is 1. The molecule has 1 heterocycles. The highest BCUT2D eigenvalue weighted by molar-refractivity contribution is 5.98. The molecule has 1 saturated heterocycles. The third-order valence-corrected chi connectivity index (χ3v) is 5.98. The second kappa shape index (κ2) is 11.3. The number of hydrogen-bond donors (Lipinski definition) is 2. The van der Waals surface area contributed by atoms with Gasteiger partial charge in [-0.2, -0.15) is 0 Å². The summed E-state index contributed by atoms with van der Waals surface area (Å²) in [6.07, 6.45) is 3.87. The molecule has 1 aliphatic rings. The molecule has 1 aliphatic heterocycles. The van der Waals surface area contributed by atoms with Crippen LogP contribution in [0.5, 0.6) is 5.75 Å². The number of carboxylic acids is 1. The molecule has 0 saturated carbocycles. The van der Waals surface area contributed by atoms with Crippen molar-refractivity contribution in [2.24, 2.45) is 0 Å². The number of likely N-dealkylation sites (tertiary alicyclic amines) is 1. The minimum Gasteiger partial charge on any atom is -0.488 e. The van der Waals surface area contributed by atoms with Gasteiger partial charge in [0.1, 0.15) is 12.4 Å². The minimum atomic E-state index is -1.01. The quantitative estimate of drug-likeness (QED) is 0.342. The first-order chi connectivity index (χ1) is 17.0. The molecule has 1 fully saturated rings. The average molecular weight is 473 g/mol. The summed E-state index contributed by atoms with van der Waals surface area (Å²) in [4.78, 5) is 37.8. The standard InChI is InChI=1S/C28H28N2O5/c31-26-10-4-16-30(26)17-5-15-29-27(32)23(18-20-11-13-22(14-12-20)28(33)34)19-35-25-9-3-7-21-6-1-2-8-24(21)25/h1-3,6-9,11-14,18H,4-5,10,15-17,19H2,(H,29,32)(H,33,34)/b23-18+. The van der Waals surface area contributed by atoms with Gasteiger partial charge < -0.3 is 20.1 Å². The fourth-order valence-corrected chi connectivity index (χ4v) is 4.10. The zero-order chi connectivity index (χ0) is 24.6. The molecule has 180 valence electrons. The average Bonchev–Trinajstić information content (AvgIpc) is 3.29. The Labute approximate surface area is 204 Å². The molecule has 2 N–H and O–H groups in total. The smallest absolute Gasteiger partial charge is 0.335 e. The number of rotatable bonds is 10. The summed E-state index contributed by atoms with van der Waals surface area (Å²) in [7, 11) is 0. The summed E-state index contributed by atoms with van der Waals surface area (Å²) in [6.45, 7) is 1.89. The van der Waals surface area contributed by atoms with Gasteiger partial charge in [0.2, 0.25) is 5.91 Å². The summed E-state index contributed by atoms with van der Waals surface area (Å²) < 4.78 is 6.06. The van der Waals surface area contributed by atoms with E-state index < -0.39 is 5.97 Å². The predicted octanol–water partition coefficient (Wildman–Crippen LogP) is 4.13. The van der Waals surface area contributed by atoms with Crippen molar-refractivity contribution in [2.45, 2.75) is 19.3 Å². The van der Waals surface area contributed by atoms with E-state index in [1.807, 2.05) is 47.4 Å². The molecule has 0 spiro atoms. The summed E-state index contributed by atoms with van der Waals surface area (Å²) in [6, 6.07) is 20.0. The SMILES string of the molecule is O=C(NCCCN1CCCC1=O)/C(=C/c1ccc(C(=O)O)cc1)COc1cccc2ccccc12. The van der Waals surface area contributed by atoms with E-state index in [0.717, 1.165) is 23.7 Å². The van der Waals surface area contributed by atoms with E-state index in [2.05, 4.69) is 5.32 Å². The van der Waals surface area contributed by atoms with E-state index >= 15 is 0 Å². The summed E-state index contributed by atoms with van der Waals surface area (Å²) in [5.74, 6) is -0.421. The Bertz CT molecular complexity index is 1240. The van der Waals surface area contributed by atoms with Gasteiger partial charge in [-0.3, -0.25) is 9.59 Å². The lowest BCUT2D eigenvalue weighted by Gasteiger charge is -2.16. The molecule has 2 amide bonds. The number of amides is 2. The van der Waals surface area contributed by atoms with E-state index in [1.165, 1.54) is 12.1 Å². The number of carboxylic acid groups (broad SMARTS) is 1. The van der Waals surface area contributed by atoms with Crippen molar-refractivity contribution in [1.82, 2.24) is 10.2 Å². The lowest BCUT2D eigenvalue weighted by atomic mass is 10.1. The van der Waals surface area contributed by atoms with Gasteiger partial charge >= 0.3 is 5.97 Å². The van der Waals surface area contributed by atoms with Crippen LogP contribution in [0.25, 0.3) is 16.8 Å². The topological polar surface area (TPSA) is 95.9 Å². The van der Waals surface area contributed by atoms with E-state index in [9.17, 15) is 14.4 Å². The van der Waals surface area contributed by atoms with Crippen molar-refractivity contribution < 1.29 is 24.2 Å². The van der Waals surface area contributed by atoms with Crippen LogP contribution in [0.4, 0.5) is 0 Å². The Balaban J connectivity index is 1.46. The van der Waals surface area contributed by atoms with Gasteiger partial charge in [0, 0.05) is 31.4 Å². The second-order valence-corrected chi connectivity index (χ2v) is 8.46. The molecule has 0 radical (unpaired) electrons. The maximum atomic E-state index is 13.0. The molecule has 0 unspecified atom stereocenters. The molecule has 7 nitrogen and oxygen atoms in total. The number of benzene rings is 3. The number of aromatic carboxylic acids is 1. The van der Waals surface area contributed by atoms with Gasteiger partial charge in [0.15, 0.2) is 0 Å². The van der Waals surface area contributed by atoms with Gasteiger partial charge in [-0.1, -0.05) is 48.5 Å². The summed E-state index contributed by atoms with van der Waals surface area (Å²) in [5, 5.41) is 14.1. The van der Waals surface area contributed by atoms with E-state index in [-0.39, 0.29) is 24.0 Å². The minimum absolute atomic E-state index is 0.0468. The molecular weight excluding hydrogens is 444 g/mol. The Hall–Kier alpha value is -4.13. The Morgan fingerprint density at radius 3 is 2.54 bits per heavy atom. The lowest BCUT2D eigenvalue weighted by Crippen LogP contribution is -2.32. The first-order valence-corrected chi connectivity index (χ1v) is 11.7. The molecule has 0 bridgehead atoms. The van der Waals surface area contributed by atoms with Crippen LogP contribution in [0.2, 0.25) is 0 Å². The first kappa shape index (κ1) is 24.0. The molecule has 0 atom stereocenters. The Morgan fingerprint density at radius 1 is 1.03 bits per heavy atom. The maximum Gasteiger partial charge on any atom is 0.335 e. The van der Waals surface area contributed by atoms with Crippen LogP contribution in [0, 0.1) is 0 Å². The highest BCUT2D eigenvalue weighted by Gasteiger charge is 2.19. The van der Waals surface area contributed by atoms with Gasteiger partial charge in [0.05, 0.1) is 11.1 Å². The number of nitrogens with zero attached hydrogens (tertiary/aromatic N) is 1. The van der Waals surface area contributed by atoms with Crippen molar-refractivity contribution in [1.29, 1.82) is 0 Å². The third-order valence-electron chi connectivity index (χ3n) is 5.98. The molecule has 3 aromatic rings. The van der Waals surface area contributed by atoms with Crippen LogP contribution in [0.15, 0.2) is 72.3 Å². The summed E-state index contributed by atoms with van der Waals surface area (Å²) >= 11 is 0. The van der Waals surface area contributed by atoms with Crippen LogP contribution in [-0.2, 0) is 9.59 Å². The van der Waals surface area contributed by atoms with Gasteiger partial charge in [-0.15, -0.1) is 0 Å². The number of hydrogen-bond acceptors (Lipinski definition) is 4. The van der Waals surface area contributed by atoms with E-state index in [1.54, 1.807) is 18.2 Å². The van der Waals surface area contributed by atoms with Crippen LogP contribution in [0.3, 0.4) is 0 Å². The van der Waals surface area contributed by atoms with Gasteiger partial charge in [-0.25, -0.2) is 4.79 Å². The normalized spacial score (nSPS) is 13.8. The van der Waals surface area contributed by atoms with Gasteiger partial charge in [0.25, 0.3) is 5.91 Å². The van der Waals surface area contributed by atoms with Crippen molar-refractivity contribution in [3.63, 3.8) is 0 Å². The Morgan fingerprint density at radius 2 is 1.80 bits per heavy atom. The van der Waals surface area contributed by atoms with Crippen molar-refractivity contribution in [3.05, 3.63) is 83.4 Å². The third kappa shape index (κ3) is 6.26. The fraction of sp³-hybridized carbons (Fsp3) is 0.250. The Kier molecular flexibility index (Phi) is 7.77. The number of fused-ring (bicyclic) bond motifs is 1. The molecule has 7 heteroatoms. The largest absolute Gasteiger partial charge is 0.488 e. The number of carbonyl (C=O) groups is 3. The highest BCUT2D eigenvalue weighted by atomic mass is 16.5. The molecule has 35 heavy (non-hydrogen) atoms. The van der Waals surface area contributed by atoms with E-state index in [4.69, 9.17) is 9.84 Å². The monoisotopic (exact) mass is 472 g/mol. The molecule has 4 rings (SSSR count). The van der Waals surface area contributed by atoms with Gasteiger partial charge in [-0.05, 0) is 48.1 Å². The van der Waals surface area contributed by atoms with Crippen molar-refractivity contribution >= 4 is 34.6 Å². The first-order valence-electron chi connectivity index (χ1n) is 11.7. The number of carbonyl (C=O) groups excluding carboxylic acids is 2. The molecular formula is C28H28N2O5. The second-order valence-electron chi connectivity index (χ2n) is 8.46. The number of ether oxygens (including phenoxy) is 1. The van der Waals surface area contributed by atoms with Crippen molar-refractivity contribution in [3.8, 4) is 5.75 Å². The lowest BCUT2D eigenvalue weighted by molar-refractivity contribution is -0.127. The zero-order valence-corrected chi connectivity index (χ0v) is 19.4. The highest BCUT2D eigenvalue weighted by Crippen LogP contribution is 2.25. The molecule has 3 aromatic carbocycles. The summed E-state index contributed by atoms with van der Waals surface area (Å²) in [5.41, 5.74) is 1.29. The zero-order valence-electron chi connectivity index (χ0n) is 19.4. The van der Waals surface area contributed by atoms with Crippen LogP contribution in [-0.4, -0.2) is 54.0 Å². The molecule has 0 aliphatic carbocycles. The maximum absolute atomic E-state index is 13.0. The fourth-order valence-electron chi connectivity index (χ4n) is 4.10. The van der Waals surface area contributed by atoms with E-state index in [0.29, 0.717) is 42.8 Å². The van der Waals surface area contributed by atoms with Crippen molar-refractivity contribution in [2.75, 3.05) is 26.2 Å².